The van der Waals surface area contributed by atoms with Crippen molar-refractivity contribution in [1.82, 2.24) is 33.9 Å². The number of benzene rings is 2. The van der Waals surface area contributed by atoms with Gasteiger partial charge >= 0.3 is 0 Å². The van der Waals surface area contributed by atoms with Crippen molar-refractivity contribution in [3.05, 3.63) is 94.4 Å². The van der Waals surface area contributed by atoms with Crippen LogP contribution in [0.15, 0.2) is 71.9 Å². The van der Waals surface area contributed by atoms with E-state index in [2.05, 4.69) is 16.3 Å². The summed E-state index contributed by atoms with van der Waals surface area (Å²) >= 11 is 0. The molecule has 0 aliphatic carbocycles. The smallest absolute Gasteiger partial charge is 0.262 e. The van der Waals surface area contributed by atoms with E-state index in [4.69, 9.17) is 9.97 Å². The summed E-state index contributed by atoms with van der Waals surface area (Å²) in [5.41, 5.74) is 2.98. The van der Waals surface area contributed by atoms with Crippen LogP contribution in [0.4, 0.5) is 5.82 Å². The first kappa shape index (κ1) is 21.5. The summed E-state index contributed by atoms with van der Waals surface area (Å²) in [5.74, 6) is 1.21. The van der Waals surface area contributed by atoms with Crippen LogP contribution >= 0.6 is 0 Å². The van der Waals surface area contributed by atoms with Gasteiger partial charge in [-0.1, -0.05) is 24.3 Å². The molecule has 10 nitrogen and oxygen atoms in total. The summed E-state index contributed by atoms with van der Waals surface area (Å²) < 4.78 is 4.93. The number of aromatic nitrogens is 7. The lowest BCUT2D eigenvalue weighted by molar-refractivity contribution is 0.724. The fraction of sp³-hybridized carbons (Fsp3) is 0.154. The van der Waals surface area contributed by atoms with E-state index >= 15 is 0 Å². The maximum Gasteiger partial charge on any atom is 0.262 e. The van der Waals surface area contributed by atoms with Crippen LogP contribution in [0.3, 0.4) is 0 Å². The molecule has 0 unspecified atom stereocenters. The van der Waals surface area contributed by atoms with Gasteiger partial charge in [-0.3, -0.25) is 14.0 Å². The van der Waals surface area contributed by atoms with Crippen LogP contribution in [0, 0.1) is 11.3 Å². The average Bonchev–Trinajstić information content (AvgIpc) is 3.51. The molecule has 0 amide bonds. The molecule has 0 bridgehead atoms. The number of aryl methyl sites for hydroxylation is 1. The van der Waals surface area contributed by atoms with E-state index in [0.717, 1.165) is 22.3 Å². The molecule has 0 saturated carbocycles. The summed E-state index contributed by atoms with van der Waals surface area (Å²) in [6.45, 7) is 0.696. The Bertz CT molecular complexity index is 1870. The molecular weight excluding hydrogens is 454 g/mol. The number of rotatable bonds is 5. The summed E-state index contributed by atoms with van der Waals surface area (Å²) in [6.07, 6.45) is 5.27. The van der Waals surface area contributed by atoms with Crippen LogP contribution in [0.2, 0.25) is 0 Å². The lowest BCUT2D eigenvalue weighted by Crippen LogP contribution is -2.25. The van der Waals surface area contributed by atoms with Gasteiger partial charge in [0.25, 0.3) is 5.56 Å². The molecule has 176 valence electrons. The number of hydrogen-bond donors (Lipinski definition) is 0. The second-order valence-corrected chi connectivity index (χ2v) is 8.67. The number of fused-ring (bicyclic) bond motifs is 4. The van der Waals surface area contributed by atoms with Gasteiger partial charge in [0, 0.05) is 37.8 Å². The third kappa shape index (κ3) is 3.45. The molecule has 36 heavy (non-hydrogen) atoms. The van der Waals surface area contributed by atoms with E-state index in [1.54, 1.807) is 15.3 Å². The molecule has 10 heteroatoms. The van der Waals surface area contributed by atoms with Crippen molar-refractivity contribution >= 4 is 33.3 Å². The maximum atomic E-state index is 13.6. The Balaban J connectivity index is 1.52. The molecule has 2 aromatic carbocycles. The molecule has 0 saturated heterocycles. The second kappa shape index (κ2) is 8.32. The normalized spacial score (nSPS) is 11.4. The van der Waals surface area contributed by atoms with Crippen molar-refractivity contribution in [3.8, 4) is 6.07 Å². The number of hydrogen-bond acceptors (Lipinski definition) is 7. The van der Waals surface area contributed by atoms with E-state index in [9.17, 15) is 10.1 Å². The molecule has 0 aliphatic heterocycles. The van der Waals surface area contributed by atoms with Gasteiger partial charge in [-0.05, 0) is 24.3 Å². The van der Waals surface area contributed by atoms with Gasteiger partial charge < -0.3 is 4.90 Å². The van der Waals surface area contributed by atoms with Crippen molar-refractivity contribution < 1.29 is 0 Å². The minimum absolute atomic E-state index is 0.0894. The van der Waals surface area contributed by atoms with Gasteiger partial charge in [-0.15, -0.1) is 0 Å². The van der Waals surface area contributed by atoms with E-state index in [0.29, 0.717) is 34.5 Å². The number of nitriles is 1. The number of para-hydroxylation sites is 2. The number of nitrogens with zero attached hydrogens (tertiary/aromatic N) is 9. The highest BCUT2D eigenvalue weighted by Crippen LogP contribution is 2.25. The van der Waals surface area contributed by atoms with Gasteiger partial charge in [-0.2, -0.15) is 15.5 Å². The predicted octanol–water partition coefficient (Wildman–Crippen LogP) is 2.88. The van der Waals surface area contributed by atoms with Gasteiger partial charge in [-0.25, -0.2) is 14.5 Å². The summed E-state index contributed by atoms with van der Waals surface area (Å²) in [5, 5.41) is 19.8. The molecule has 4 heterocycles. The van der Waals surface area contributed by atoms with Crippen molar-refractivity contribution in [2.45, 2.75) is 13.1 Å². The standard InChI is InChI=1S/C26H21N9O/c1-32(14-17-12-28-33(2)15-17)24-19-7-3-5-9-21(19)30-23(31-24)16-34-25-18(11-27)13-29-35(25)22-10-6-4-8-20(22)26(34)36/h3-10,12-13,15H,14,16H2,1-2H3. The van der Waals surface area contributed by atoms with Crippen molar-refractivity contribution in [2.75, 3.05) is 11.9 Å². The Morgan fingerprint density at radius 3 is 2.56 bits per heavy atom. The predicted molar refractivity (Wildman–Crippen MR) is 136 cm³/mol. The molecule has 6 rings (SSSR count). The second-order valence-electron chi connectivity index (χ2n) is 8.67. The van der Waals surface area contributed by atoms with E-state index in [1.807, 2.05) is 73.9 Å². The molecule has 0 fully saturated rings. The Kier molecular flexibility index (Phi) is 4.97. The van der Waals surface area contributed by atoms with Crippen LogP contribution in [-0.2, 0) is 20.1 Å². The zero-order valence-electron chi connectivity index (χ0n) is 19.7. The van der Waals surface area contributed by atoms with E-state index in [1.165, 1.54) is 10.8 Å². The Morgan fingerprint density at radius 1 is 1.00 bits per heavy atom. The molecular formula is C26H21N9O. The minimum Gasteiger partial charge on any atom is -0.355 e. The average molecular weight is 476 g/mol. The van der Waals surface area contributed by atoms with E-state index in [-0.39, 0.29) is 12.1 Å². The zero-order chi connectivity index (χ0) is 24.8. The van der Waals surface area contributed by atoms with Gasteiger partial charge in [0.05, 0.1) is 35.4 Å². The molecule has 0 aliphatic rings. The van der Waals surface area contributed by atoms with Crippen LogP contribution in [0.25, 0.3) is 27.5 Å². The fourth-order valence-corrected chi connectivity index (χ4v) is 4.60. The quantitative estimate of drug-likeness (QED) is 0.377. The van der Waals surface area contributed by atoms with Gasteiger partial charge in [0.1, 0.15) is 17.5 Å². The fourth-order valence-electron chi connectivity index (χ4n) is 4.60. The minimum atomic E-state index is -0.225. The Morgan fingerprint density at radius 2 is 1.78 bits per heavy atom. The summed E-state index contributed by atoms with van der Waals surface area (Å²) in [6, 6.07) is 17.2. The Hall–Kier alpha value is -5.04. The first-order valence-electron chi connectivity index (χ1n) is 11.4. The topological polar surface area (TPSA) is 110 Å². The largest absolute Gasteiger partial charge is 0.355 e. The molecule has 0 spiro atoms. The molecule has 0 N–H and O–H groups in total. The lowest BCUT2D eigenvalue weighted by atomic mass is 10.2. The van der Waals surface area contributed by atoms with E-state index < -0.39 is 0 Å². The highest BCUT2D eigenvalue weighted by molar-refractivity contribution is 5.89. The van der Waals surface area contributed by atoms with Crippen LogP contribution < -0.4 is 10.5 Å². The monoisotopic (exact) mass is 475 g/mol. The summed E-state index contributed by atoms with van der Waals surface area (Å²) in [7, 11) is 3.85. The first-order valence-corrected chi connectivity index (χ1v) is 11.4. The number of anilines is 1. The van der Waals surface area contributed by atoms with Crippen molar-refractivity contribution in [3.63, 3.8) is 0 Å². The van der Waals surface area contributed by atoms with Crippen LogP contribution in [-0.4, -0.2) is 41.0 Å². The third-order valence-corrected chi connectivity index (χ3v) is 6.20. The van der Waals surface area contributed by atoms with Crippen LogP contribution in [0.1, 0.15) is 17.0 Å². The van der Waals surface area contributed by atoms with Crippen LogP contribution in [0.5, 0.6) is 0 Å². The van der Waals surface area contributed by atoms with Gasteiger partial charge in [0.15, 0.2) is 11.5 Å². The molecule has 0 radical (unpaired) electrons. The SMILES string of the molecule is CN(Cc1cnn(C)c1)c1nc(Cn2c(=O)c3ccccc3n3ncc(C#N)c23)nc2ccccc12. The maximum absolute atomic E-state index is 13.6. The first-order chi connectivity index (χ1) is 17.5. The molecule has 6 aromatic rings. The lowest BCUT2D eigenvalue weighted by Gasteiger charge is -2.20. The highest BCUT2D eigenvalue weighted by Gasteiger charge is 2.18. The zero-order valence-corrected chi connectivity index (χ0v) is 19.7. The summed E-state index contributed by atoms with van der Waals surface area (Å²) in [4.78, 5) is 25.3. The Labute approximate surface area is 205 Å². The van der Waals surface area contributed by atoms with Crippen molar-refractivity contribution in [1.29, 1.82) is 5.26 Å². The van der Waals surface area contributed by atoms with Crippen molar-refractivity contribution in [2.24, 2.45) is 7.05 Å². The van der Waals surface area contributed by atoms with Gasteiger partial charge in [0.2, 0.25) is 0 Å². The molecule has 4 aromatic heterocycles. The third-order valence-electron chi connectivity index (χ3n) is 6.20. The highest BCUT2D eigenvalue weighted by atomic mass is 16.1. The molecule has 0 atom stereocenters.